The minimum absolute atomic E-state index is 0.0267. The molecule has 0 radical (unpaired) electrons. The lowest BCUT2D eigenvalue weighted by Crippen LogP contribution is -2.41. The zero-order valence-corrected chi connectivity index (χ0v) is 15.2. The largest absolute Gasteiger partial charge is 0.490 e. The van der Waals surface area contributed by atoms with Crippen molar-refractivity contribution >= 4 is 33.2 Å². The molecule has 0 bridgehead atoms. The summed E-state index contributed by atoms with van der Waals surface area (Å²) in [6.07, 6.45) is 1.22. The Morgan fingerprint density at radius 2 is 1.71 bits per heavy atom. The number of hydrogen-bond donors (Lipinski definition) is 0. The summed E-state index contributed by atoms with van der Waals surface area (Å²) in [6, 6.07) is 13.7. The standard InChI is InChI=1S/C17H17Cl2NO3S/c18-13-4-3-5-15(12-13)23-14-8-10-20(11-9-14)24(21,22)17-7-2-1-6-16(17)19/h1-7,12,14H,8-11H2. The Balaban J connectivity index is 1.66. The van der Waals surface area contributed by atoms with Crippen LogP contribution in [0.5, 0.6) is 5.75 Å². The van der Waals surface area contributed by atoms with Gasteiger partial charge in [0.25, 0.3) is 0 Å². The third kappa shape index (κ3) is 3.86. The maximum absolute atomic E-state index is 12.7. The van der Waals surface area contributed by atoms with Crippen molar-refractivity contribution in [1.82, 2.24) is 4.31 Å². The molecule has 0 unspecified atom stereocenters. The zero-order chi connectivity index (χ0) is 17.2. The Hall–Kier alpha value is -1.27. The predicted octanol–water partition coefficient (Wildman–Crippen LogP) is 4.23. The molecular formula is C17H17Cl2NO3S. The van der Waals surface area contributed by atoms with Gasteiger partial charge in [0.2, 0.25) is 10.0 Å². The van der Waals surface area contributed by atoms with E-state index in [4.69, 9.17) is 27.9 Å². The summed E-state index contributed by atoms with van der Waals surface area (Å²) in [5.74, 6) is 0.704. The molecule has 1 fully saturated rings. The van der Waals surface area contributed by atoms with E-state index in [1.807, 2.05) is 12.1 Å². The van der Waals surface area contributed by atoms with Crippen LogP contribution in [0.2, 0.25) is 10.0 Å². The minimum atomic E-state index is -3.57. The second-order valence-corrected chi connectivity index (χ2v) is 8.36. The van der Waals surface area contributed by atoms with E-state index >= 15 is 0 Å². The smallest absolute Gasteiger partial charge is 0.244 e. The molecule has 0 spiro atoms. The zero-order valence-electron chi connectivity index (χ0n) is 12.9. The Labute approximate surface area is 152 Å². The fourth-order valence-corrected chi connectivity index (χ4v) is 4.86. The summed E-state index contributed by atoms with van der Waals surface area (Å²) in [5.41, 5.74) is 0. The van der Waals surface area contributed by atoms with Gasteiger partial charge in [-0.3, -0.25) is 0 Å². The molecule has 1 saturated heterocycles. The molecule has 1 aliphatic rings. The van der Waals surface area contributed by atoms with Gasteiger partial charge in [-0.1, -0.05) is 41.4 Å². The molecule has 0 aromatic heterocycles. The number of halogens is 2. The second kappa shape index (κ2) is 7.31. The molecule has 0 amide bonds. The fourth-order valence-electron chi connectivity index (χ4n) is 2.72. The van der Waals surface area contributed by atoms with E-state index in [9.17, 15) is 8.42 Å². The Morgan fingerprint density at radius 1 is 1.00 bits per heavy atom. The van der Waals surface area contributed by atoms with Gasteiger partial charge in [0, 0.05) is 18.1 Å². The van der Waals surface area contributed by atoms with Gasteiger partial charge in [0.1, 0.15) is 16.7 Å². The average molecular weight is 386 g/mol. The molecule has 0 atom stereocenters. The van der Waals surface area contributed by atoms with Crippen molar-refractivity contribution in [3.63, 3.8) is 0 Å². The highest BCUT2D eigenvalue weighted by Gasteiger charge is 2.31. The maximum Gasteiger partial charge on any atom is 0.244 e. The van der Waals surface area contributed by atoms with Crippen LogP contribution in [0, 0.1) is 0 Å². The van der Waals surface area contributed by atoms with Crippen LogP contribution in [0.25, 0.3) is 0 Å². The first-order chi connectivity index (χ1) is 11.5. The van der Waals surface area contributed by atoms with Crippen LogP contribution in [0.3, 0.4) is 0 Å². The third-order valence-electron chi connectivity index (χ3n) is 3.95. The molecular weight excluding hydrogens is 369 g/mol. The highest BCUT2D eigenvalue weighted by Crippen LogP contribution is 2.28. The van der Waals surface area contributed by atoms with Crippen molar-refractivity contribution in [2.24, 2.45) is 0 Å². The summed E-state index contributed by atoms with van der Waals surface area (Å²) in [7, 11) is -3.57. The molecule has 0 aliphatic carbocycles. The van der Waals surface area contributed by atoms with Crippen LogP contribution in [0.15, 0.2) is 53.4 Å². The van der Waals surface area contributed by atoms with Gasteiger partial charge in [-0.2, -0.15) is 4.31 Å². The van der Waals surface area contributed by atoms with Crippen LogP contribution in [0.1, 0.15) is 12.8 Å². The average Bonchev–Trinajstić information content (AvgIpc) is 2.55. The molecule has 7 heteroatoms. The van der Waals surface area contributed by atoms with Gasteiger partial charge in [0.05, 0.1) is 5.02 Å². The second-order valence-electron chi connectivity index (χ2n) is 5.61. The molecule has 1 heterocycles. The lowest BCUT2D eigenvalue weighted by Gasteiger charge is -2.31. The van der Waals surface area contributed by atoms with E-state index in [-0.39, 0.29) is 16.0 Å². The molecule has 3 rings (SSSR count). The number of hydrogen-bond acceptors (Lipinski definition) is 3. The SMILES string of the molecule is O=S(=O)(c1ccccc1Cl)N1CCC(Oc2cccc(Cl)c2)CC1. The van der Waals surface area contributed by atoms with Gasteiger partial charge >= 0.3 is 0 Å². The van der Waals surface area contributed by atoms with Gasteiger partial charge < -0.3 is 4.74 Å². The van der Waals surface area contributed by atoms with Crippen molar-refractivity contribution in [2.75, 3.05) is 13.1 Å². The van der Waals surface area contributed by atoms with Gasteiger partial charge in [-0.15, -0.1) is 0 Å². The first kappa shape index (κ1) is 17.5. The molecule has 2 aromatic carbocycles. The quantitative estimate of drug-likeness (QED) is 0.790. The van der Waals surface area contributed by atoms with Crippen molar-refractivity contribution < 1.29 is 13.2 Å². The molecule has 0 N–H and O–H groups in total. The van der Waals surface area contributed by atoms with E-state index in [1.165, 1.54) is 10.4 Å². The fraction of sp³-hybridized carbons (Fsp3) is 0.294. The number of ether oxygens (including phenoxy) is 1. The van der Waals surface area contributed by atoms with E-state index in [2.05, 4.69) is 0 Å². The maximum atomic E-state index is 12.7. The van der Waals surface area contributed by atoms with Crippen LogP contribution in [-0.4, -0.2) is 31.9 Å². The molecule has 2 aromatic rings. The van der Waals surface area contributed by atoms with Gasteiger partial charge in [-0.05, 0) is 43.2 Å². The summed E-state index contributed by atoms with van der Waals surface area (Å²) in [6.45, 7) is 0.803. The monoisotopic (exact) mass is 385 g/mol. The number of rotatable bonds is 4. The minimum Gasteiger partial charge on any atom is -0.490 e. The van der Waals surface area contributed by atoms with Crippen molar-refractivity contribution in [2.45, 2.75) is 23.8 Å². The first-order valence-corrected chi connectivity index (χ1v) is 9.83. The van der Waals surface area contributed by atoms with Crippen LogP contribution < -0.4 is 4.74 Å². The Bertz CT molecular complexity index is 818. The van der Waals surface area contributed by atoms with Crippen LogP contribution >= 0.6 is 23.2 Å². The van der Waals surface area contributed by atoms with Crippen molar-refractivity contribution in [1.29, 1.82) is 0 Å². The Kier molecular flexibility index (Phi) is 5.35. The summed E-state index contributed by atoms with van der Waals surface area (Å²) in [4.78, 5) is 0.154. The molecule has 24 heavy (non-hydrogen) atoms. The van der Waals surface area contributed by atoms with Gasteiger partial charge in [-0.25, -0.2) is 8.42 Å². The van der Waals surface area contributed by atoms with Crippen molar-refractivity contribution in [3.05, 3.63) is 58.6 Å². The lowest BCUT2D eigenvalue weighted by atomic mass is 10.1. The van der Waals surface area contributed by atoms with E-state index in [0.717, 1.165) is 0 Å². The predicted molar refractivity (Wildman–Crippen MR) is 95.3 cm³/mol. The van der Waals surface area contributed by atoms with E-state index in [0.29, 0.717) is 36.7 Å². The van der Waals surface area contributed by atoms with Crippen LogP contribution in [0.4, 0.5) is 0 Å². The number of nitrogens with zero attached hydrogens (tertiary/aromatic N) is 1. The molecule has 0 saturated carbocycles. The molecule has 1 aliphatic heterocycles. The number of sulfonamides is 1. The summed E-state index contributed by atoms with van der Waals surface area (Å²) < 4.78 is 32.8. The molecule has 128 valence electrons. The third-order valence-corrected chi connectivity index (χ3v) is 6.59. The highest BCUT2D eigenvalue weighted by atomic mass is 35.5. The van der Waals surface area contributed by atoms with Crippen LogP contribution in [-0.2, 0) is 10.0 Å². The summed E-state index contributed by atoms with van der Waals surface area (Å²) >= 11 is 12.0. The Morgan fingerprint density at radius 3 is 2.38 bits per heavy atom. The number of piperidine rings is 1. The number of benzene rings is 2. The first-order valence-electron chi connectivity index (χ1n) is 7.64. The van der Waals surface area contributed by atoms with Gasteiger partial charge in [0.15, 0.2) is 0 Å². The van der Waals surface area contributed by atoms with E-state index < -0.39 is 10.0 Å². The van der Waals surface area contributed by atoms with E-state index in [1.54, 1.807) is 30.3 Å². The lowest BCUT2D eigenvalue weighted by molar-refractivity contribution is 0.135. The topological polar surface area (TPSA) is 46.6 Å². The summed E-state index contributed by atoms with van der Waals surface area (Å²) in [5, 5.41) is 0.862. The normalized spacial score (nSPS) is 16.9. The molecule has 4 nitrogen and oxygen atoms in total. The highest BCUT2D eigenvalue weighted by molar-refractivity contribution is 7.89. The van der Waals surface area contributed by atoms with Crippen molar-refractivity contribution in [3.8, 4) is 5.75 Å².